The molecule has 4 aromatic rings. The van der Waals surface area contributed by atoms with Gasteiger partial charge in [0, 0.05) is 49.7 Å². The predicted octanol–water partition coefficient (Wildman–Crippen LogP) is 3.78. The molecule has 4 aromatic heterocycles. The molecule has 0 amide bonds. The van der Waals surface area contributed by atoms with Crippen LogP contribution in [0.25, 0.3) is 17.0 Å². The van der Waals surface area contributed by atoms with Gasteiger partial charge in [0.25, 0.3) is 0 Å². The van der Waals surface area contributed by atoms with Gasteiger partial charge in [-0.2, -0.15) is 5.10 Å². The first-order valence-corrected chi connectivity index (χ1v) is 10.1. The first kappa shape index (κ1) is 18.0. The van der Waals surface area contributed by atoms with Crippen LogP contribution in [0.1, 0.15) is 41.4 Å². The highest BCUT2D eigenvalue weighted by Crippen LogP contribution is 2.35. The van der Waals surface area contributed by atoms with Crippen LogP contribution >= 0.6 is 0 Å². The van der Waals surface area contributed by atoms with Crippen molar-refractivity contribution in [1.29, 1.82) is 0 Å². The van der Waals surface area contributed by atoms with E-state index in [0.29, 0.717) is 5.92 Å². The summed E-state index contributed by atoms with van der Waals surface area (Å²) < 4.78 is 7.61. The molecule has 0 bridgehead atoms. The monoisotopic (exact) mass is 388 g/mol. The third kappa shape index (κ3) is 3.53. The van der Waals surface area contributed by atoms with Crippen LogP contribution in [0, 0.1) is 13.8 Å². The predicted molar refractivity (Wildman–Crippen MR) is 109 cm³/mol. The van der Waals surface area contributed by atoms with Crippen molar-refractivity contribution in [3.05, 3.63) is 65.5 Å². The van der Waals surface area contributed by atoms with Gasteiger partial charge in [0.05, 0.1) is 22.6 Å². The number of hydrogen-bond donors (Lipinski definition) is 0. The van der Waals surface area contributed by atoms with E-state index >= 15 is 0 Å². The van der Waals surface area contributed by atoms with Gasteiger partial charge in [-0.1, -0.05) is 11.2 Å². The fraction of sp³-hybridized carbons (Fsp3) is 0.364. The maximum atomic E-state index is 5.61. The van der Waals surface area contributed by atoms with Crippen LogP contribution in [0.5, 0.6) is 0 Å². The second-order valence-electron chi connectivity index (χ2n) is 7.88. The summed E-state index contributed by atoms with van der Waals surface area (Å²) >= 11 is 0. The van der Waals surface area contributed by atoms with E-state index in [1.807, 2.05) is 55.2 Å². The number of nitrogens with zero attached hydrogens (tertiary/aromatic N) is 6. The molecule has 0 aliphatic carbocycles. The Morgan fingerprint density at radius 3 is 2.90 bits per heavy atom. The average molecular weight is 388 g/mol. The molecule has 5 rings (SSSR count). The largest absolute Gasteiger partial charge is 0.356 e. The number of pyridine rings is 1. The molecule has 5 heterocycles. The van der Waals surface area contributed by atoms with Crippen molar-refractivity contribution < 1.29 is 4.52 Å². The summed E-state index contributed by atoms with van der Waals surface area (Å²) in [7, 11) is 0. The fourth-order valence-electron chi connectivity index (χ4n) is 4.31. The lowest BCUT2D eigenvalue weighted by Gasteiger charge is -2.33. The molecule has 1 fully saturated rings. The molecule has 0 saturated carbocycles. The Balaban J connectivity index is 1.54. The highest BCUT2D eigenvalue weighted by atomic mass is 16.5. The zero-order valence-electron chi connectivity index (χ0n) is 16.7. The van der Waals surface area contributed by atoms with Crippen LogP contribution in [-0.4, -0.2) is 42.7 Å². The van der Waals surface area contributed by atoms with Crippen LogP contribution in [0.15, 0.2) is 47.4 Å². The number of piperidine rings is 1. The summed E-state index contributed by atoms with van der Waals surface area (Å²) in [6, 6.07) is 8.13. The number of fused-ring (bicyclic) bond motifs is 1. The van der Waals surface area contributed by atoms with Gasteiger partial charge in [-0.05, 0) is 44.9 Å². The minimum atomic E-state index is 0.339. The molecular weight excluding hydrogens is 364 g/mol. The van der Waals surface area contributed by atoms with E-state index in [1.165, 1.54) is 5.56 Å². The first-order chi connectivity index (χ1) is 14.2. The fourth-order valence-corrected chi connectivity index (χ4v) is 4.31. The molecule has 1 saturated heterocycles. The number of rotatable bonds is 4. The van der Waals surface area contributed by atoms with E-state index in [2.05, 4.69) is 26.1 Å². The van der Waals surface area contributed by atoms with E-state index in [1.54, 1.807) is 0 Å². The molecule has 7 nitrogen and oxygen atoms in total. The summed E-state index contributed by atoms with van der Waals surface area (Å²) in [5.74, 6) is 1.09. The van der Waals surface area contributed by atoms with Crippen molar-refractivity contribution in [2.75, 3.05) is 13.1 Å². The smallest absolute Gasteiger partial charge is 0.170 e. The third-order valence-electron chi connectivity index (χ3n) is 5.56. The summed E-state index contributed by atoms with van der Waals surface area (Å²) in [6.45, 7) is 6.91. The normalized spacial score (nSPS) is 17.8. The van der Waals surface area contributed by atoms with Gasteiger partial charge in [0.2, 0.25) is 0 Å². The highest BCUT2D eigenvalue weighted by molar-refractivity contribution is 5.63. The van der Waals surface area contributed by atoms with Gasteiger partial charge >= 0.3 is 0 Å². The molecule has 1 aliphatic rings. The molecular formula is C22H24N6O. The standard InChI is InChI=1S/C22H24N6O/c1-15-10-21-24-12-19(20-9-16(2)26-29-20)22(28(21)25-15)18-6-4-8-27(14-18)13-17-5-3-7-23-11-17/h3,5,7,9-12,18H,4,6,8,13-14H2,1-2H3. The maximum absolute atomic E-state index is 5.61. The summed E-state index contributed by atoms with van der Waals surface area (Å²) in [5.41, 5.74) is 6.10. The Morgan fingerprint density at radius 1 is 1.17 bits per heavy atom. The number of aryl methyl sites for hydroxylation is 2. The Hall–Kier alpha value is -3.06. The molecule has 148 valence electrons. The van der Waals surface area contributed by atoms with E-state index in [9.17, 15) is 0 Å². The summed E-state index contributed by atoms with van der Waals surface area (Å²) in [5, 5.41) is 8.84. The number of aromatic nitrogens is 5. The minimum absolute atomic E-state index is 0.339. The summed E-state index contributed by atoms with van der Waals surface area (Å²) in [4.78, 5) is 11.4. The molecule has 1 atom stereocenters. The highest BCUT2D eigenvalue weighted by Gasteiger charge is 2.28. The minimum Gasteiger partial charge on any atom is -0.356 e. The van der Waals surface area contributed by atoms with Gasteiger partial charge in [-0.15, -0.1) is 0 Å². The maximum Gasteiger partial charge on any atom is 0.170 e. The lowest BCUT2D eigenvalue weighted by molar-refractivity contribution is 0.197. The van der Waals surface area contributed by atoms with Crippen molar-refractivity contribution in [3.8, 4) is 11.3 Å². The second-order valence-corrected chi connectivity index (χ2v) is 7.88. The molecule has 7 heteroatoms. The topological polar surface area (TPSA) is 72.3 Å². The van der Waals surface area contributed by atoms with E-state index < -0.39 is 0 Å². The molecule has 0 N–H and O–H groups in total. The Labute approximate surface area is 169 Å². The van der Waals surface area contributed by atoms with Crippen molar-refractivity contribution in [1.82, 2.24) is 29.6 Å². The number of hydrogen-bond acceptors (Lipinski definition) is 6. The summed E-state index contributed by atoms with van der Waals surface area (Å²) in [6.07, 6.45) is 7.94. The van der Waals surface area contributed by atoms with Crippen molar-refractivity contribution >= 4 is 5.65 Å². The van der Waals surface area contributed by atoms with Gasteiger partial charge in [-0.3, -0.25) is 9.88 Å². The van der Waals surface area contributed by atoms with Gasteiger partial charge < -0.3 is 4.52 Å². The molecule has 1 unspecified atom stereocenters. The zero-order chi connectivity index (χ0) is 19.8. The molecule has 29 heavy (non-hydrogen) atoms. The van der Waals surface area contributed by atoms with Crippen LogP contribution < -0.4 is 0 Å². The second kappa shape index (κ2) is 7.40. The van der Waals surface area contributed by atoms with Crippen molar-refractivity contribution in [3.63, 3.8) is 0 Å². The van der Waals surface area contributed by atoms with Crippen LogP contribution in [0.2, 0.25) is 0 Å². The van der Waals surface area contributed by atoms with E-state index in [-0.39, 0.29) is 0 Å². The average Bonchev–Trinajstić information content (AvgIpc) is 3.32. The van der Waals surface area contributed by atoms with Crippen LogP contribution in [-0.2, 0) is 6.54 Å². The van der Waals surface area contributed by atoms with Gasteiger partial charge in [0.1, 0.15) is 0 Å². The van der Waals surface area contributed by atoms with Crippen molar-refractivity contribution in [2.45, 2.75) is 39.2 Å². The van der Waals surface area contributed by atoms with Crippen molar-refractivity contribution in [2.24, 2.45) is 0 Å². The molecule has 1 aliphatic heterocycles. The Morgan fingerprint density at radius 2 is 2.10 bits per heavy atom. The van der Waals surface area contributed by atoms with Crippen LogP contribution in [0.3, 0.4) is 0 Å². The van der Waals surface area contributed by atoms with Gasteiger partial charge in [0.15, 0.2) is 11.4 Å². The van der Waals surface area contributed by atoms with E-state index in [4.69, 9.17) is 9.62 Å². The molecule has 0 spiro atoms. The quantitative estimate of drug-likeness (QED) is 0.530. The third-order valence-corrected chi connectivity index (χ3v) is 5.56. The lowest BCUT2D eigenvalue weighted by Crippen LogP contribution is -2.35. The Bertz CT molecular complexity index is 1130. The zero-order valence-corrected chi connectivity index (χ0v) is 16.7. The number of likely N-dealkylation sites (tertiary alicyclic amines) is 1. The molecule has 0 radical (unpaired) electrons. The molecule has 0 aromatic carbocycles. The Kier molecular flexibility index (Phi) is 4.60. The first-order valence-electron chi connectivity index (χ1n) is 10.1. The van der Waals surface area contributed by atoms with Gasteiger partial charge in [-0.25, -0.2) is 9.50 Å². The van der Waals surface area contributed by atoms with E-state index in [0.717, 1.165) is 66.5 Å². The SMILES string of the molecule is Cc1cc(-c2cnc3cc(C)nn3c2C2CCCN(Cc3cccnc3)C2)on1. The lowest BCUT2D eigenvalue weighted by atomic mass is 9.91. The van der Waals surface area contributed by atoms with Crippen LogP contribution in [0.4, 0.5) is 0 Å².